The number of aromatic nitrogens is 2. The highest BCUT2D eigenvalue weighted by Gasteiger charge is 2.34. The predicted molar refractivity (Wildman–Crippen MR) is 112 cm³/mol. The minimum absolute atomic E-state index is 0. The summed E-state index contributed by atoms with van der Waals surface area (Å²) in [7, 11) is 0. The Kier molecular flexibility index (Phi) is 8.76. The third-order valence-corrected chi connectivity index (χ3v) is 5.82. The van der Waals surface area contributed by atoms with Crippen molar-refractivity contribution < 1.29 is 9.59 Å². The van der Waals surface area contributed by atoms with Gasteiger partial charge in [-0.1, -0.05) is 13.3 Å². The van der Waals surface area contributed by atoms with Gasteiger partial charge in [0.25, 0.3) is 5.91 Å². The van der Waals surface area contributed by atoms with Crippen LogP contribution in [0.25, 0.3) is 0 Å². The van der Waals surface area contributed by atoms with E-state index in [4.69, 9.17) is 0 Å². The number of hydrogen-bond acceptors (Lipinski definition) is 4. The molecule has 7 nitrogen and oxygen atoms in total. The van der Waals surface area contributed by atoms with E-state index in [-0.39, 0.29) is 36.2 Å². The molecular weight excluding hydrogens is 378 g/mol. The molecule has 1 aromatic rings. The maximum Gasteiger partial charge on any atom is 0.274 e. The van der Waals surface area contributed by atoms with E-state index in [0.29, 0.717) is 18.3 Å². The van der Waals surface area contributed by atoms with Crippen LogP contribution >= 0.6 is 12.4 Å². The normalized spacial score (nSPS) is 25.1. The molecule has 158 valence electrons. The second-order valence-electron chi connectivity index (χ2n) is 7.91. The number of nitrogens with zero attached hydrogens (tertiary/aromatic N) is 3. The van der Waals surface area contributed by atoms with Gasteiger partial charge in [-0.25, -0.2) is 0 Å². The molecule has 0 aliphatic carbocycles. The summed E-state index contributed by atoms with van der Waals surface area (Å²) in [5, 5.41) is 11.0. The lowest BCUT2D eigenvalue weighted by Gasteiger charge is -2.37. The SMILES string of the molecule is CCCCNC(=O)C1CCC(C)N(C(=O)c2ccn(C3CCCNC3)n2)C1.Cl. The van der Waals surface area contributed by atoms with E-state index in [2.05, 4.69) is 29.6 Å². The topological polar surface area (TPSA) is 79.3 Å². The van der Waals surface area contributed by atoms with Crippen LogP contribution in [0.2, 0.25) is 0 Å². The molecule has 0 saturated carbocycles. The van der Waals surface area contributed by atoms with Gasteiger partial charge in [0, 0.05) is 31.9 Å². The van der Waals surface area contributed by atoms with Crippen molar-refractivity contribution in [1.82, 2.24) is 25.3 Å². The zero-order valence-electron chi connectivity index (χ0n) is 17.0. The van der Waals surface area contributed by atoms with Crippen LogP contribution in [0.3, 0.4) is 0 Å². The van der Waals surface area contributed by atoms with E-state index in [1.54, 1.807) is 0 Å². The Morgan fingerprint density at radius 1 is 1.32 bits per heavy atom. The number of nitrogens with one attached hydrogen (secondary N) is 2. The smallest absolute Gasteiger partial charge is 0.274 e. The molecular formula is C20H34ClN5O2. The number of carbonyl (C=O) groups is 2. The first kappa shape index (κ1) is 22.7. The molecule has 8 heteroatoms. The summed E-state index contributed by atoms with van der Waals surface area (Å²) < 4.78 is 1.92. The van der Waals surface area contributed by atoms with Gasteiger partial charge in [-0.15, -0.1) is 12.4 Å². The van der Waals surface area contributed by atoms with E-state index in [9.17, 15) is 9.59 Å². The van der Waals surface area contributed by atoms with E-state index in [0.717, 1.165) is 58.2 Å². The number of halogens is 1. The molecule has 2 fully saturated rings. The standard InChI is InChI=1S/C20H33N5O2.ClH/c1-3-4-11-22-19(26)16-8-7-15(2)24(14-16)20(27)18-9-12-25(23-18)17-6-5-10-21-13-17;/h9,12,15-17,21H,3-8,10-11,13-14H2,1-2H3,(H,22,26);1H. The molecule has 2 saturated heterocycles. The highest BCUT2D eigenvalue weighted by atomic mass is 35.5. The molecule has 2 N–H and O–H groups in total. The average Bonchev–Trinajstić information content (AvgIpc) is 3.19. The van der Waals surface area contributed by atoms with Gasteiger partial charge in [-0.2, -0.15) is 5.10 Å². The second kappa shape index (κ2) is 10.8. The molecule has 0 spiro atoms. The number of unbranched alkanes of at least 4 members (excludes halogenated alkanes) is 1. The van der Waals surface area contributed by atoms with Crippen LogP contribution in [0.1, 0.15) is 68.9 Å². The Balaban J connectivity index is 0.00000280. The number of rotatable bonds is 6. The minimum atomic E-state index is -0.119. The Morgan fingerprint density at radius 2 is 2.14 bits per heavy atom. The van der Waals surface area contributed by atoms with Gasteiger partial charge >= 0.3 is 0 Å². The maximum absolute atomic E-state index is 13.0. The molecule has 1 aromatic heterocycles. The molecule has 2 amide bonds. The fourth-order valence-corrected chi connectivity index (χ4v) is 4.00. The van der Waals surface area contributed by atoms with Gasteiger partial charge in [0.2, 0.25) is 5.91 Å². The van der Waals surface area contributed by atoms with Crippen LogP contribution in [-0.4, -0.2) is 58.7 Å². The Hall–Kier alpha value is -1.60. The molecule has 3 heterocycles. The fourth-order valence-electron chi connectivity index (χ4n) is 4.00. The van der Waals surface area contributed by atoms with Crippen molar-refractivity contribution in [2.75, 3.05) is 26.2 Å². The van der Waals surface area contributed by atoms with Crippen LogP contribution in [0.5, 0.6) is 0 Å². The zero-order chi connectivity index (χ0) is 19.2. The first-order valence-corrected chi connectivity index (χ1v) is 10.4. The maximum atomic E-state index is 13.0. The summed E-state index contributed by atoms with van der Waals surface area (Å²) in [6, 6.07) is 2.27. The van der Waals surface area contributed by atoms with Crippen molar-refractivity contribution >= 4 is 24.2 Å². The second-order valence-corrected chi connectivity index (χ2v) is 7.91. The van der Waals surface area contributed by atoms with Gasteiger partial charge in [-0.05, 0) is 51.6 Å². The number of carbonyl (C=O) groups excluding carboxylic acids is 2. The van der Waals surface area contributed by atoms with Gasteiger partial charge in [0.15, 0.2) is 0 Å². The Labute approximate surface area is 174 Å². The lowest BCUT2D eigenvalue weighted by Crippen LogP contribution is -2.49. The molecule has 0 aromatic carbocycles. The third-order valence-electron chi connectivity index (χ3n) is 5.82. The van der Waals surface area contributed by atoms with Gasteiger partial charge in [-0.3, -0.25) is 14.3 Å². The highest BCUT2D eigenvalue weighted by Crippen LogP contribution is 2.24. The van der Waals surface area contributed by atoms with E-state index >= 15 is 0 Å². The molecule has 0 radical (unpaired) electrons. The lowest BCUT2D eigenvalue weighted by atomic mass is 9.92. The lowest BCUT2D eigenvalue weighted by molar-refractivity contribution is -0.126. The number of amides is 2. The molecule has 2 aliphatic rings. The summed E-state index contributed by atoms with van der Waals surface area (Å²) in [5.74, 6) is -0.102. The van der Waals surface area contributed by atoms with Crippen molar-refractivity contribution in [3.8, 4) is 0 Å². The van der Waals surface area contributed by atoms with Crippen molar-refractivity contribution in [3.63, 3.8) is 0 Å². The first-order valence-electron chi connectivity index (χ1n) is 10.4. The number of likely N-dealkylation sites (tertiary alicyclic amines) is 1. The molecule has 28 heavy (non-hydrogen) atoms. The zero-order valence-corrected chi connectivity index (χ0v) is 17.8. The predicted octanol–water partition coefficient (Wildman–Crippen LogP) is 2.39. The van der Waals surface area contributed by atoms with Crippen LogP contribution < -0.4 is 10.6 Å². The molecule has 3 unspecified atom stereocenters. The van der Waals surface area contributed by atoms with Crippen molar-refractivity contribution in [2.45, 2.75) is 64.5 Å². The Bertz CT molecular complexity index is 644. The van der Waals surface area contributed by atoms with Crippen molar-refractivity contribution in [1.29, 1.82) is 0 Å². The minimum Gasteiger partial charge on any atom is -0.356 e. The third kappa shape index (κ3) is 5.47. The first-order chi connectivity index (χ1) is 13.1. The van der Waals surface area contributed by atoms with Crippen LogP contribution in [0.15, 0.2) is 12.3 Å². The summed E-state index contributed by atoms with van der Waals surface area (Å²) in [6.45, 7) is 7.32. The molecule has 3 rings (SSSR count). The van der Waals surface area contributed by atoms with Crippen molar-refractivity contribution in [3.05, 3.63) is 18.0 Å². The van der Waals surface area contributed by atoms with Gasteiger partial charge in [0.1, 0.15) is 5.69 Å². The van der Waals surface area contributed by atoms with Crippen molar-refractivity contribution in [2.24, 2.45) is 5.92 Å². The summed E-state index contributed by atoms with van der Waals surface area (Å²) in [5.41, 5.74) is 0.486. The highest BCUT2D eigenvalue weighted by molar-refractivity contribution is 5.93. The largest absolute Gasteiger partial charge is 0.356 e. The molecule has 3 atom stereocenters. The van der Waals surface area contributed by atoms with Crippen LogP contribution in [0.4, 0.5) is 0 Å². The average molecular weight is 412 g/mol. The molecule has 2 aliphatic heterocycles. The van der Waals surface area contributed by atoms with E-state index in [1.165, 1.54) is 0 Å². The molecule has 0 bridgehead atoms. The van der Waals surface area contributed by atoms with Gasteiger partial charge < -0.3 is 15.5 Å². The quantitative estimate of drug-likeness (QED) is 0.704. The monoisotopic (exact) mass is 411 g/mol. The summed E-state index contributed by atoms with van der Waals surface area (Å²) in [6.07, 6.45) is 7.87. The fraction of sp³-hybridized carbons (Fsp3) is 0.750. The summed E-state index contributed by atoms with van der Waals surface area (Å²) in [4.78, 5) is 27.3. The number of piperidine rings is 2. The van der Waals surface area contributed by atoms with Gasteiger partial charge in [0.05, 0.1) is 12.0 Å². The van der Waals surface area contributed by atoms with Crippen LogP contribution in [-0.2, 0) is 4.79 Å². The van der Waals surface area contributed by atoms with E-state index in [1.807, 2.05) is 21.8 Å². The number of hydrogen-bond donors (Lipinski definition) is 2. The van der Waals surface area contributed by atoms with E-state index < -0.39 is 0 Å². The summed E-state index contributed by atoms with van der Waals surface area (Å²) >= 11 is 0. The van der Waals surface area contributed by atoms with Crippen LogP contribution in [0, 0.1) is 5.92 Å². The Morgan fingerprint density at radius 3 is 2.86 bits per heavy atom.